The third-order valence-electron chi connectivity index (χ3n) is 6.36. The number of thiazole rings is 1. The van der Waals surface area contributed by atoms with E-state index in [9.17, 15) is 13.2 Å². The molecule has 5 aromatic rings. The fourth-order valence-corrected chi connectivity index (χ4v) is 6.66. The van der Waals surface area contributed by atoms with Crippen molar-refractivity contribution in [3.63, 3.8) is 0 Å². The van der Waals surface area contributed by atoms with E-state index in [4.69, 9.17) is 4.98 Å². The molecule has 0 bridgehead atoms. The molecular formula is C30H27N3O3S2. The van der Waals surface area contributed by atoms with Gasteiger partial charge in [0, 0.05) is 12.6 Å². The van der Waals surface area contributed by atoms with Crippen molar-refractivity contribution in [2.24, 2.45) is 0 Å². The van der Waals surface area contributed by atoms with Crippen LogP contribution in [0.3, 0.4) is 0 Å². The standard InChI is InChI=1S/C30H27N3O3S2/c1-21-18-22(2)28-27(19-21)37-30(31-28)33(20-23-10-6-4-7-11-23)29(34)24-14-16-26(17-15-24)38(35,36)32(3)25-12-8-5-9-13-25/h4-19H,20H2,1-3H3. The van der Waals surface area contributed by atoms with Crippen LogP contribution in [0.4, 0.5) is 10.8 Å². The SMILES string of the molecule is Cc1cc(C)c2nc(N(Cc3ccccc3)C(=O)c3ccc(S(=O)(=O)N(C)c4ccccc4)cc3)sc2c1. The fraction of sp³-hybridized carbons (Fsp3) is 0.133. The number of aromatic nitrogens is 1. The molecule has 1 amide bonds. The first-order valence-electron chi connectivity index (χ1n) is 12.1. The number of benzene rings is 4. The number of hydrogen-bond donors (Lipinski definition) is 0. The maximum atomic E-state index is 13.8. The molecule has 0 saturated heterocycles. The van der Waals surface area contributed by atoms with Gasteiger partial charge in [-0.1, -0.05) is 65.9 Å². The summed E-state index contributed by atoms with van der Waals surface area (Å²) in [5.74, 6) is -0.248. The summed E-state index contributed by atoms with van der Waals surface area (Å²) in [6.07, 6.45) is 0. The summed E-state index contributed by atoms with van der Waals surface area (Å²) in [6.45, 7) is 4.41. The second-order valence-electron chi connectivity index (χ2n) is 9.13. The van der Waals surface area contributed by atoms with E-state index in [0.717, 1.165) is 26.9 Å². The average molecular weight is 542 g/mol. The first-order chi connectivity index (χ1) is 18.2. The van der Waals surface area contributed by atoms with Crippen LogP contribution in [-0.2, 0) is 16.6 Å². The molecular weight excluding hydrogens is 514 g/mol. The highest BCUT2D eigenvalue weighted by molar-refractivity contribution is 7.92. The molecule has 4 aromatic carbocycles. The Labute approximate surface area is 226 Å². The summed E-state index contributed by atoms with van der Waals surface area (Å²) in [6, 6.07) is 28.9. The first-order valence-corrected chi connectivity index (χ1v) is 14.4. The van der Waals surface area contributed by atoms with E-state index in [1.807, 2.05) is 50.2 Å². The zero-order valence-corrected chi connectivity index (χ0v) is 23.0. The van der Waals surface area contributed by atoms with Crippen LogP contribution in [0.1, 0.15) is 27.0 Å². The molecule has 8 heteroatoms. The van der Waals surface area contributed by atoms with E-state index in [1.54, 1.807) is 41.3 Å². The van der Waals surface area contributed by atoms with Crippen molar-refractivity contribution in [1.82, 2.24) is 4.98 Å². The Morgan fingerprint density at radius 2 is 1.50 bits per heavy atom. The van der Waals surface area contributed by atoms with Gasteiger partial charge in [0.2, 0.25) is 0 Å². The van der Waals surface area contributed by atoms with Crippen molar-refractivity contribution >= 4 is 48.3 Å². The number of hydrogen-bond acceptors (Lipinski definition) is 5. The van der Waals surface area contributed by atoms with Gasteiger partial charge in [0.15, 0.2) is 5.13 Å². The minimum atomic E-state index is -3.78. The van der Waals surface area contributed by atoms with E-state index in [0.29, 0.717) is 22.9 Å². The number of amides is 1. The minimum Gasteiger partial charge on any atom is -0.279 e. The summed E-state index contributed by atoms with van der Waals surface area (Å²) < 4.78 is 28.6. The summed E-state index contributed by atoms with van der Waals surface area (Å²) in [7, 11) is -2.27. The third-order valence-corrected chi connectivity index (χ3v) is 9.18. The molecule has 38 heavy (non-hydrogen) atoms. The van der Waals surface area contributed by atoms with Crippen molar-refractivity contribution in [1.29, 1.82) is 0 Å². The molecule has 0 fully saturated rings. The lowest BCUT2D eigenvalue weighted by Crippen LogP contribution is -2.30. The summed E-state index contributed by atoms with van der Waals surface area (Å²) >= 11 is 1.48. The van der Waals surface area contributed by atoms with Crippen molar-refractivity contribution in [2.45, 2.75) is 25.3 Å². The highest BCUT2D eigenvalue weighted by Crippen LogP contribution is 2.33. The largest absolute Gasteiger partial charge is 0.279 e. The van der Waals surface area contributed by atoms with E-state index < -0.39 is 10.0 Å². The Balaban J connectivity index is 1.49. The average Bonchev–Trinajstić information content (AvgIpc) is 3.36. The zero-order chi connectivity index (χ0) is 26.9. The van der Waals surface area contributed by atoms with E-state index in [2.05, 4.69) is 12.1 Å². The van der Waals surface area contributed by atoms with Gasteiger partial charge in [-0.3, -0.25) is 14.0 Å². The molecule has 0 N–H and O–H groups in total. The summed E-state index contributed by atoms with van der Waals surface area (Å²) in [5.41, 5.74) is 5.00. The molecule has 0 aliphatic carbocycles. The number of fused-ring (bicyclic) bond motifs is 1. The number of carbonyl (C=O) groups is 1. The second-order valence-corrected chi connectivity index (χ2v) is 12.1. The molecule has 0 radical (unpaired) electrons. The molecule has 0 aliphatic rings. The Morgan fingerprint density at radius 1 is 0.868 bits per heavy atom. The minimum absolute atomic E-state index is 0.112. The van der Waals surface area contributed by atoms with Crippen LogP contribution in [0.25, 0.3) is 10.2 Å². The molecule has 1 heterocycles. The Hall–Kier alpha value is -4.01. The van der Waals surface area contributed by atoms with Gasteiger partial charge < -0.3 is 0 Å². The van der Waals surface area contributed by atoms with Gasteiger partial charge >= 0.3 is 0 Å². The number of anilines is 2. The Kier molecular flexibility index (Phi) is 7.01. The number of para-hydroxylation sites is 1. The Morgan fingerprint density at radius 3 is 2.16 bits per heavy atom. The molecule has 192 valence electrons. The second kappa shape index (κ2) is 10.4. The highest BCUT2D eigenvalue weighted by Gasteiger charge is 2.25. The van der Waals surface area contributed by atoms with Crippen LogP contribution in [0.2, 0.25) is 0 Å². The van der Waals surface area contributed by atoms with E-state index in [-0.39, 0.29) is 10.8 Å². The van der Waals surface area contributed by atoms with Crippen LogP contribution < -0.4 is 9.21 Å². The molecule has 1 aromatic heterocycles. The van der Waals surface area contributed by atoms with Crippen molar-refractivity contribution in [3.05, 3.63) is 119 Å². The molecule has 0 atom stereocenters. The van der Waals surface area contributed by atoms with Crippen LogP contribution in [0, 0.1) is 13.8 Å². The van der Waals surface area contributed by atoms with Gasteiger partial charge in [-0.2, -0.15) is 0 Å². The lowest BCUT2D eigenvalue weighted by atomic mass is 10.1. The smallest absolute Gasteiger partial charge is 0.264 e. The molecule has 5 rings (SSSR count). The first kappa shape index (κ1) is 25.6. The molecule has 0 unspecified atom stereocenters. The van der Waals surface area contributed by atoms with Crippen LogP contribution in [0.15, 0.2) is 102 Å². The number of aryl methyl sites for hydroxylation is 2. The lowest BCUT2D eigenvalue weighted by molar-refractivity contribution is 0.0985. The third kappa shape index (κ3) is 5.05. The topological polar surface area (TPSA) is 70.6 Å². The number of sulfonamides is 1. The predicted molar refractivity (Wildman–Crippen MR) is 155 cm³/mol. The molecule has 0 aliphatic heterocycles. The zero-order valence-electron chi connectivity index (χ0n) is 21.3. The van der Waals surface area contributed by atoms with Crippen molar-refractivity contribution in [3.8, 4) is 0 Å². The predicted octanol–water partition coefficient (Wildman–Crippen LogP) is 6.59. The van der Waals surface area contributed by atoms with E-state index >= 15 is 0 Å². The van der Waals surface area contributed by atoms with Gasteiger partial charge in [-0.15, -0.1) is 0 Å². The van der Waals surface area contributed by atoms with Crippen LogP contribution in [-0.4, -0.2) is 26.4 Å². The molecule has 6 nitrogen and oxygen atoms in total. The summed E-state index contributed by atoms with van der Waals surface area (Å²) in [5, 5.41) is 0.600. The van der Waals surface area contributed by atoms with E-state index in [1.165, 1.54) is 34.8 Å². The quantitative estimate of drug-likeness (QED) is 0.233. The number of nitrogens with zero attached hydrogens (tertiary/aromatic N) is 3. The lowest BCUT2D eigenvalue weighted by Gasteiger charge is -2.21. The van der Waals surface area contributed by atoms with Crippen LogP contribution >= 0.6 is 11.3 Å². The highest BCUT2D eigenvalue weighted by atomic mass is 32.2. The normalized spacial score (nSPS) is 11.4. The number of rotatable bonds is 7. The fourth-order valence-electron chi connectivity index (χ4n) is 4.33. The molecule has 0 spiro atoms. The van der Waals surface area contributed by atoms with Crippen LogP contribution in [0.5, 0.6) is 0 Å². The number of carbonyl (C=O) groups excluding carboxylic acids is 1. The maximum absolute atomic E-state index is 13.8. The monoisotopic (exact) mass is 541 g/mol. The van der Waals surface area contributed by atoms with Gasteiger partial charge in [-0.05, 0) is 73.0 Å². The Bertz CT molecular complexity index is 1700. The molecule has 0 saturated carbocycles. The van der Waals surface area contributed by atoms with Gasteiger partial charge in [0.05, 0.1) is 27.3 Å². The van der Waals surface area contributed by atoms with Crippen molar-refractivity contribution < 1.29 is 13.2 Å². The van der Waals surface area contributed by atoms with Gasteiger partial charge in [0.25, 0.3) is 15.9 Å². The van der Waals surface area contributed by atoms with Gasteiger partial charge in [-0.25, -0.2) is 13.4 Å². The van der Waals surface area contributed by atoms with Crippen molar-refractivity contribution in [2.75, 3.05) is 16.3 Å². The van der Waals surface area contributed by atoms with Gasteiger partial charge in [0.1, 0.15) is 0 Å². The maximum Gasteiger partial charge on any atom is 0.264 e. The summed E-state index contributed by atoms with van der Waals surface area (Å²) in [4.78, 5) is 20.4.